The fraction of sp³-hybridized carbons (Fsp3) is 0.257. The van der Waals surface area contributed by atoms with E-state index in [9.17, 15) is 18.0 Å². The summed E-state index contributed by atoms with van der Waals surface area (Å²) in [5.41, 5.74) is 3.99. The Hall–Kier alpha value is -4.14. The van der Waals surface area contributed by atoms with Crippen molar-refractivity contribution in [2.75, 3.05) is 17.4 Å². The number of hydrogen-bond acceptors (Lipinski definition) is 4. The smallest absolute Gasteiger partial charge is 0.264 e. The third-order valence-corrected chi connectivity index (χ3v) is 9.46. The van der Waals surface area contributed by atoms with Gasteiger partial charge in [-0.05, 0) is 73.4 Å². The molecule has 44 heavy (non-hydrogen) atoms. The van der Waals surface area contributed by atoms with Crippen LogP contribution in [0.1, 0.15) is 35.6 Å². The SMILES string of the molecule is CCCNC(=O)[C@H](Cc1ccccc1)N(Cc1ccccc1C)C(=O)CN(c1ccc(C)cc1)S(=O)(=O)c1ccc(Cl)cc1. The van der Waals surface area contributed by atoms with Gasteiger partial charge < -0.3 is 10.2 Å². The lowest BCUT2D eigenvalue weighted by atomic mass is 10.0. The lowest BCUT2D eigenvalue weighted by Crippen LogP contribution is -2.53. The molecule has 230 valence electrons. The maximum atomic E-state index is 14.5. The van der Waals surface area contributed by atoms with Crippen molar-refractivity contribution in [3.8, 4) is 0 Å². The van der Waals surface area contributed by atoms with Crippen LogP contribution in [-0.4, -0.2) is 44.3 Å². The van der Waals surface area contributed by atoms with Gasteiger partial charge in [0.25, 0.3) is 10.0 Å². The van der Waals surface area contributed by atoms with E-state index >= 15 is 0 Å². The van der Waals surface area contributed by atoms with Gasteiger partial charge in [0.2, 0.25) is 11.8 Å². The molecule has 1 atom stereocenters. The third kappa shape index (κ3) is 8.27. The Balaban J connectivity index is 1.80. The molecule has 0 aliphatic carbocycles. The number of amides is 2. The Labute approximate surface area is 265 Å². The number of benzene rings is 4. The zero-order valence-electron chi connectivity index (χ0n) is 25.2. The number of hydrogen-bond donors (Lipinski definition) is 1. The normalized spacial score (nSPS) is 11.9. The first-order valence-electron chi connectivity index (χ1n) is 14.6. The average Bonchev–Trinajstić information content (AvgIpc) is 3.02. The summed E-state index contributed by atoms with van der Waals surface area (Å²) in [6.07, 6.45) is 0.999. The van der Waals surface area contributed by atoms with Crippen LogP contribution in [0.3, 0.4) is 0 Å². The molecule has 0 aromatic heterocycles. The number of halogens is 1. The summed E-state index contributed by atoms with van der Waals surface area (Å²) in [7, 11) is -4.19. The van der Waals surface area contributed by atoms with Gasteiger partial charge >= 0.3 is 0 Å². The molecule has 4 aromatic carbocycles. The van der Waals surface area contributed by atoms with Crippen LogP contribution in [0, 0.1) is 13.8 Å². The third-order valence-electron chi connectivity index (χ3n) is 7.42. The lowest BCUT2D eigenvalue weighted by molar-refractivity contribution is -0.140. The van der Waals surface area contributed by atoms with E-state index < -0.39 is 28.5 Å². The Morgan fingerprint density at radius 2 is 1.48 bits per heavy atom. The molecule has 0 saturated carbocycles. The highest BCUT2D eigenvalue weighted by molar-refractivity contribution is 7.92. The number of carbonyl (C=O) groups excluding carboxylic acids is 2. The molecule has 1 N–H and O–H groups in total. The maximum absolute atomic E-state index is 14.5. The summed E-state index contributed by atoms with van der Waals surface area (Å²) in [5.74, 6) is -0.793. The fourth-order valence-corrected chi connectivity index (χ4v) is 6.40. The molecule has 0 unspecified atom stereocenters. The second-order valence-electron chi connectivity index (χ2n) is 10.7. The van der Waals surface area contributed by atoms with E-state index in [1.807, 2.05) is 75.4 Å². The number of nitrogens with one attached hydrogen (secondary N) is 1. The van der Waals surface area contributed by atoms with Gasteiger partial charge in [-0.15, -0.1) is 0 Å². The molecule has 4 rings (SSSR count). The highest BCUT2D eigenvalue weighted by Crippen LogP contribution is 2.26. The van der Waals surface area contributed by atoms with E-state index in [0.29, 0.717) is 17.3 Å². The van der Waals surface area contributed by atoms with Crippen molar-refractivity contribution in [1.82, 2.24) is 10.2 Å². The zero-order valence-corrected chi connectivity index (χ0v) is 26.8. The monoisotopic (exact) mass is 631 g/mol. The van der Waals surface area contributed by atoms with Crippen LogP contribution in [0.2, 0.25) is 5.02 Å². The van der Waals surface area contributed by atoms with Crippen LogP contribution in [-0.2, 0) is 32.6 Å². The number of nitrogens with zero attached hydrogens (tertiary/aromatic N) is 2. The van der Waals surface area contributed by atoms with Gasteiger partial charge in [0.1, 0.15) is 12.6 Å². The van der Waals surface area contributed by atoms with Crippen molar-refractivity contribution in [2.45, 2.75) is 51.1 Å². The minimum atomic E-state index is -4.19. The molecule has 0 spiro atoms. The zero-order chi connectivity index (χ0) is 31.7. The Kier molecular flexibility index (Phi) is 11.2. The molecule has 2 amide bonds. The first-order chi connectivity index (χ1) is 21.1. The molecular formula is C35H38ClN3O4S. The predicted octanol–water partition coefficient (Wildman–Crippen LogP) is 6.32. The second-order valence-corrected chi connectivity index (χ2v) is 13.0. The van der Waals surface area contributed by atoms with Crippen molar-refractivity contribution in [1.29, 1.82) is 0 Å². The molecule has 9 heteroatoms. The van der Waals surface area contributed by atoms with Crippen molar-refractivity contribution in [2.24, 2.45) is 0 Å². The molecule has 0 radical (unpaired) electrons. The van der Waals surface area contributed by atoms with Gasteiger partial charge in [-0.1, -0.05) is 90.8 Å². The largest absolute Gasteiger partial charge is 0.354 e. The van der Waals surface area contributed by atoms with Gasteiger partial charge in [0.15, 0.2) is 0 Å². The van der Waals surface area contributed by atoms with Crippen molar-refractivity contribution >= 4 is 39.1 Å². The Morgan fingerprint density at radius 1 is 0.841 bits per heavy atom. The molecule has 0 aliphatic rings. The lowest BCUT2D eigenvalue weighted by Gasteiger charge is -2.34. The minimum absolute atomic E-state index is 0.00209. The highest BCUT2D eigenvalue weighted by Gasteiger charge is 2.34. The average molecular weight is 632 g/mol. The van der Waals surface area contributed by atoms with Crippen LogP contribution < -0.4 is 9.62 Å². The van der Waals surface area contributed by atoms with Crippen molar-refractivity contribution in [3.63, 3.8) is 0 Å². The van der Waals surface area contributed by atoms with Crippen LogP contribution >= 0.6 is 11.6 Å². The van der Waals surface area contributed by atoms with Crippen LogP contribution in [0.5, 0.6) is 0 Å². The van der Waals surface area contributed by atoms with Gasteiger partial charge in [0, 0.05) is 24.5 Å². The molecule has 0 aliphatic heterocycles. The standard InChI is InChI=1S/C35H38ClN3O4S/c1-4-22-37-35(41)33(23-28-11-6-5-7-12-28)38(24-29-13-9-8-10-27(29)3)34(40)25-39(31-18-14-26(2)15-19-31)44(42,43)32-20-16-30(36)17-21-32/h5-21,33H,4,22-25H2,1-3H3,(H,37,41)/t33-/m0/s1. The highest BCUT2D eigenvalue weighted by atomic mass is 35.5. The van der Waals surface area contributed by atoms with E-state index in [4.69, 9.17) is 11.6 Å². The van der Waals surface area contributed by atoms with Gasteiger partial charge in [0.05, 0.1) is 10.6 Å². The molecule has 7 nitrogen and oxygen atoms in total. The number of rotatable bonds is 13. The molecule has 4 aromatic rings. The minimum Gasteiger partial charge on any atom is -0.354 e. The van der Waals surface area contributed by atoms with Crippen molar-refractivity contribution < 1.29 is 18.0 Å². The van der Waals surface area contributed by atoms with E-state index in [0.717, 1.165) is 33.0 Å². The molecule has 0 fully saturated rings. The van der Waals surface area contributed by atoms with Gasteiger partial charge in [-0.25, -0.2) is 8.42 Å². The predicted molar refractivity (Wildman–Crippen MR) is 176 cm³/mol. The quantitative estimate of drug-likeness (QED) is 0.187. The van der Waals surface area contributed by atoms with Gasteiger partial charge in [-0.2, -0.15) is 0 Å². The molecule has 0 heterocycles. The molecule has 0 bridgehead atoms. The number of aryl methyl sites for hydroxylation is 2. The van der Waals surface area contributed by atoms with E-state index in [1.54, 1.807) is 24.3 Å². The van der Waals surface area contributed by atoms with Crippen LogP contribution in [0.25, 0.3) is 0 Å². The summed E-state index contributed by atoms with van der Waals surface area (Å²) < 4.78 is 29.2. The summed E-state index contributed by atoms with van der Waals surface area (Å²) in [6, 6.07) is 29.1. The Morgan fingerprint density at radius 3 is 2.11 bits per heavy atom. The summed E-state index contributed by atoms with van der Waals surface area (Å²) in [4.78, 5) is 29.7. The topological polar surface area (TPSA) is 86.8 Å². The second kappa shape index (κ2) is 15.0. The number of anilines is 1. The molecular weight excluding hydrogens is 594 g/mol. The first-order valence-corrected chi connectivity index (χ1v) is 16.4. The van der Waals surface area contributed by atoms with Crippen LogP contribution in [0.15, 0.2) is 108 Å². The Bertz CT molecular complexity index is 1660. The van der Waals surface area contributed by atoms with Gasteiger partial charge in [-0.3, -0.25) is 13.9 Å². The maximum Gasteiger partial charge on any atom is 0.264 e. The summed E-state index contributed by atoms with van der Waals surface area (Å²) >= 11 is 6.05. The van der Waals surface area contributed by atoms with E-state index in [-0.39, 0.29) is 23.8 Å². The molecule has 0 saturated heterocycles. The van der Waals surface area contributed by atoms with Crippen molar-refractivity contribution in [3.05, 3.63) is 130 Å². The fourth-order valence-electron chi connectivity index (χ4n) is 4.86. The number of carbonyl (C=O) groups is 2. The first kappa shape index (κ1) is 32.8. The van der Waals surface area contributed by atoms with E-state index in [2.05, 4.69) is 5.32 Å². The number of sulfonamides is 1. The van der Waals surface area contributed by atoms with E-state index in [1.165, 1.54) is 29.2 Å². The van der Waals surface area contributed by atoms with Crippen LogP contribution in [0.4, 0.5) is 5.69 Å². The summed E-state index contributed by atoms with van der Waals surface area (Å²) in [6.45, 7) is 5.89. The summed E-state index contributed by atoms with van der Waals surface area (Å²) in [5, 5.41) is 3.36.